The van der Waals surface area contributed by atoms with Gasteiger partial charge in [0.15, 0.2) is 11.5 Å². The first-order valence-corrected chi connectivity index (χ1v) is 10.2. The number of aromatic hydroxyl groups is 1. The van der Waals surface area contributed by atoms with Gasteiger partial charge in [0.05, 0.1) is 23.9 Å². The molecule has 0 aliphatic rings. The van der Waals surface area contributed by atoms with E-state index in [2.05, 4.69) is 53.8 Å². The van der Waals surface area contributed by atoms with E-state index in [1.54, 1.807) is 35.8 Å². The van der Waals surface area contributed by atoms with Crippen molar-refractivity contribution in [1.82, 2.24) is 4.98 Å². The van der Waals surface area contributed by atoms with Gasteiger partial charge in [0.1, 0.15) is 0 Å². The highest BCUT2D eigenvalue weighted by molar-refractivity contribution is 7.19. The minimum Gasteiger partial charge on any atom is -0.504 e. The summed E-state index contributed by atoms with van der Waals surface area (Å²) >= 11 is 1.56. The Kier molecular flexibility index (Phi) is 5.77. The van der Waals surface area contributed by atoms with Crippen LogP contribution in [0.15, 0.2) is 77.9 Å². The van der Waals surface area contributed by atoms with Crippen LogP contribution in [0, 0.1) is 6.92 Å². The summed E-state index contributed by atoms with van der Waals surface area (Å²) in [4.78, 5) is 5.88. The monoisotopic (exact) mass is 415 g/mol. The maximum Gasteiger partial charge on any atom is 0.204 e. The van der Waals surface area contributed by atoms with Gasteiger partial charge in [0.25, 0.3) is 0 Å². The zero-order valence-corrected chi connectivity index (χ0v) is 17.5. The highest BCUT2D eigenvalue weighted by atomic mass is 32.1. The molecule has 0 bridgehead atoms. The van der Waals surface area contributed by atoms with Gasteiger partial charge in [-0.05, 0) is 36.2 Å². The van der Waals surface area contributed by atoms with E-state index >= 15 is 0 Å². The number of hydrogen-bond donors (Lipinski definition) is 2. The van der Waals surface area contributed by atoms with Crippen molar-refractivity contribution >= 4 is 22.7 Å². The van der Waals surface area contributed by atoms with Crippen LogP contribution >= 0.6 is 11.3 Å². The number of methoxy groups -OCH3 is 1. The van der Waals surface area contributed by atoms with E-state index in [1.165, 1.54) is 12.7 Å². The van der Waals surface area contributed by atoms with Crippen LogP contribution in [0.5, 0.6) is 11.5 Å². The van der Waals surface area contributed by atoms with E-state index in [-0.39, 0.29) is 5.75 Å². The van der Waals surface area contributed by atoms with Crippen molar-refractivity contribution < 1.29 is 9.84 Å². The standard InChI is InChI=1S/C24H21N3O2S/c1-16-8-11-18(12-9-16)22-23(19-6-4-3-5-7-19)30-24(26-22)27-25-15-17-10-13-20(28)21(14-17)29-2/h3-15,28H,1-2H3,(H,26,27)/b25-15-. The molecule has 0 radical (unpaired) electrons. The van der Waals surface area contributed by atoms with Gasteiger partial charge in [-0.2, -0.15) is 5.10 Å². The third-order valence-electron chi connectivity index (χ3n) is 4.57. The number of thiazole rings is 1. The van der Waals surface area contributed by atoms with Crippen molar-refractivity contribution in [3.05, 3.63) is 83.9 Å². The predicted octanol–water partition coefficient (Wildman–Crippen LogP) is 5.95. The lowest BCUT2D eigenvalue weighted by molar-refractivity contribution is 0.373. The fourth-order valence-electron chi connectivity index (χ4n) is 3.00. The second-order valence-corrected chi connectivity index (χ2v) is 7.73. The minimum absolute atomic E-state index is 0.0952. The number of benzene rings is 3. The van der Waals surface area contributed by atoms with Crippen LogP contribution in [0.2, 0.25) is 0 Å². The molecule has 2 N–H and O–H groups in total. The highest BCUT2D eigenvalue weighted by Gasteiger charge is 2.14. The molecule has 0 aliphatic carbocycles. The molecule has 0 saturated heterocycles. The Balaban J connectivity index is 1.63. The number of rotatable bonds is 6. The fraction of sp³-hybridized carbons (Fsp3) is 0.0833. The normalized spacial score (nSPS) is 11.0. The summed E-state index contributed by atoms with van der Waals surface area (Å²) in [5.41, 5.74) is 8.15. The van der Waals surface area contributed by atoms with Crippen molar-refractivity contribution in [2.24, 2.45) is 5.10 Å². The molecule has 0 amide bonds. The van der Waals surface area contributed by atoms with Gasteiger partial charge < -0.3 is 9.84 Å². The molecule has 30 heavy (non-hydrogen) atoms. The Morgan fingerprint density at radius 3 is 2.50 bits per heavy atom. The van der Waals surface area contributed by atoms with Crippen molar-refractivity contribution in [1.29, 1.82) is 0 Å². The van der Waals surface area contributed by atoms with Crippen molar-refractivity contribution in [2.75, 3.05) is 12.5 Å². The molecule has 1 heterocycles. The van der Waals surface area contributed by atoms with E-state index in [9.17, 15) is 5.11 Å². The fourth-order valence-corrected chi connectivity index (χ4v) is 3.94. The SMILES string of the molecule is COc1cc(/C=N\Nc2nc(-c3ccc(C)cc3)c(-c3ccccc3)s2)ccc1O. The van der Waals surface area contributed by atoms with Crippen LogP contribution in [0.4, 0.5) is 5.13 Å². The molecule has 0 spiro atoms. The van der Waals surface area contributed by atoms with Crippen LogP contribution < -0.4 is 10.2 Å². The molecular formula is C24H21N3O2S. The van der Waals surface area contributed by atoms with Crippen molar-refractivity contribution in [2.45, 2.75) is 6.92 Å². The summed E-state index contributed by atoms with van der Waals surface area (Å²) < 4.78 is 5.13. The van der Waals surface area contributed by atoms with Crippen LogP contribution in [0.1, 0.15) is 11.1 Å². The van der Waals surface area contributed by atoms with E-state index in [0.717, 1.165) is 27.3 Å². The zero-order chi connectivity index (χ0) is 20.9. The van der Waals surface area contributed by atoms with Gasteiger partial charge in [0, 0.05) is 5.56 Å². The van der Waals surface area contributed by atoms with Crippen molar-refractivity contribution in [3.63, 3.8) is 0 Å². The molecule has 0 fully saturated rings. The first kappa shape index (κ1) is 19.7. The maximum absolute atomic E-state index is 9.71. The number of hydrazone groups is 1. The molecule has 5 nitrogen and oxygen atoms in total. The summed E-state index contributed by atoms with van der Waals surface area (Å²) in [7, 11) is 1.52. The lowest BCUT2D eigenvalue weighted by Crippen LogP contribution is -1.91. The largest absolute Gasteiger partial charge is 0.504 e. The quantitative estimate of drug-likeness (QED) is 0.302. The van der Waals surface area contributed by atoms with Crippen molar-refractivity contribution in [3.8, 4) is 33.2 Å². The highest BCUT2D eigenvalue weighted by Crippen LogP contribution is 2.39. The lowest BCUT2D eigenvalue weighted by Gasteiger charge is -2.03. The summed E-state index contributed by atoms with van der Waals surface area (Å²) in [5, 5.41) is 14.7. The smallest absolute Gasteiger partial charge is 0.204 e. The van der Waals surface area contributed by atoms with Gasteiger partial charge >= 0.3 is 0 Å². The Bertz CT molecular complexity index is 1170. The summed E-state index contributed by atoms with van der Waals surface area (Å²) in [6, 6.07) is 23.6. The molecule has 4 rings (SSSR count). The zero-order valence-electron chi connectivity index (χ0n) is 16.7. The molecular weight excluding hydrogens is 394 g/mol. The average Bonchev–Trinajstić information content (AvgIpc) is 3.20. The first-order chi connectivity index (χ1) is 14.6. The number of aromatic nitrogens is 1. The number of ether oxygens (including phenoxy) is 1. The number of hydrogen-bond acceptors (Lipinski definition) is 6. The Morgan fingerprint density at radius 2 is 1.77 bits per heavy atom. The molecule has 150 valence electrons. The minimum atomic E-state index is 0.0952. The van der Waals surface area contributed by atoms with E-state index in [1.807, 2.05) is 18.2 Å². The Morgan fingerprint density at radius 1 is 1.00 bits per heavy atom. The van der Waals surface area contributed by atoms with Crippen LogP contribution in [-0.4, -0.2) is 23.4 Å². The number of anilines is 1. The molecule has 1 aromatic heterocycles. The van der Waals surface area contributed by atoms with Gasteiger partial charge in [-0.1, -0.05) is 71.5 Å². The number of phenols is 1. The van der Waals surface area contributed by atoms with E-state index in [0.29, 0.717) is 10.9 Å². The summed E-state index contributed by atoms with van der Waals surface area (Å²) in [6.45, 7) is 2.07. The second kappa shape index (κ2) is 8.80. The number of nitrogens with zero attached hydrogens (tertiary/aromatic N) is 2. The number of aryl methyl sites for hydroxylation is 1. The topological polar surface area (TPSA) is 66.7 Å². The average molecular weight is 416 g/mol. The lowest BCUT2D eigenvalue weighted by atomic mass is 10.1. The molecule has 0 unspecified atom stereocenters. The molecule has 0 atom stereocenters. The molecule has 6 heteroatoms. The van der Waals surface area contributed by atoms with E-state index in [4.69, 9.17) is 9.72 Å². The molecule has 0 aliphatic heterocycles. The van der Waals surface area contributed by atoms with Crippen LogP contribution in [0.3, 0.4) is 0 Å². The molecule has 3 aromatic carbocycles. The first-order valence-electron chi connectivity index (χ1n) is 9.43. The van der Waals surface area contributed by atoms with Crippen LogP contribution in [-0.2, 0) is 0 Å². The van der Waals surface area contributed by atoms with E-state index < -0.39 is 0 Å². The number of nitrogens with one attached hydrogen (secondary N) is 1. The third kappa shape index (κ3) is 4.34. The van der Waals surface area contributed by atoms with Gasteiger partial charge in [0.2, 0.25) is 5.13 Å². The van der Waals surface area contributed by atoms with Gasteiger partial charge in [-0.25, -0.2) is 4.98 Å². The third-order valence-corrected chi connectivity index (χ3v) is 5.57. The summed E-state index contributed by atoms with van der Waals surface area (Å²) in [6.07, 6.45) is 1.66. The Hall–Kier alpha value is -3.64. The van der Waals surface area contributed by atoms with Gasteiger partial charge in [-0.3, -0.25) is 5.43 Å². The maximum atomic E-state index is 9.71. The summed E-state index contributed by atoms with van der Waals surface area (Å²) in [5.74, 6) is 0.499. The molecule has 4 aromatic rings. The Labute approximate surface area is 179 Å². The number of phenolic OH excluding ortho intramolecular Hbond substituents is 1. The molecule has 0 saturated carbocycles. The second-order valence-electron chi connectivity index (χ2n) is 6.73. The van der Waals surface area contributed by atoms with Crippen LogP contribution in [0.25, 0.3) is 21.7 Å². The predicted molar refractivity (Wildman–Crippen MR) is 124 cm³/mol. The van der Waals surface area contributed by atoms with Gasteiger partial charge in [-0.15, -0.1) is 0 Å².